The van der Waals surface area contributed by atoms with Crippen molar-refractivity contribution in [3.05, 3.63) is 64.9 Å². The number of rotatable bonds is 1. The smallest absolute Gasteiger partial charge is 0.318 e. The lowest BCUT2D eigenvalue weighted by atomic mass is 9.84. The van der Waals surface area contributed by atoms with Crippen LogP contribution in [0.4, 0.5) is 17.1 Å². The Hall–Kier alpha value is -3.14. The minimum Gasteiger partial charge on any atom is -0.432 e. The van der Waals surface area contributed by atoms with Crippen molar-refractivity contribution in [2.75, 3.05) is 4.90 Å². The molecule has 0 saturated carbocycles. The van der Waals surface area contributed by atoms with Crippen molar-refractivity contribution in [2.45, 2.75) is 47.0 Å². The van der Waals surface area contributed by atoms with Crippen molar-refractivity contribution in [3.63, 3.8) is 0 Å². The molecule has 0 bridgehead atoms. The van der Waals surface area contributed by atoms with Crippen LogP contribution in [-0.2, 0) is 5.41 Å². The predicted octanol–water partition coefficient (Wildman–Crippen LogP) is 7.82. The quantitative estimate of drug-likeness (QED) is 0.294. The normalized spacial score (nSPS) is 13.4. The van der Waals surface area contributed by atoms with E-state index in [-0.39, 0.29) is 5.41 Å². The highest BCUT2D eigenvalue weighted by Gasteiger charge is 2.35. The van der Waals surface area contributed by atoms with Crippen LogP contribution in [0.1, 0.15) is 43.0 Å². The molecule has 2 aromatic carbocycles. The van der Waals surface area contributed by atoms with E-state index in [4.69, 9.17) is 13.6 Å². The van der Waals surface area contributed by atoms with E-state index in [9.17, 15) is 0 Å². The average molecular weight is 387 g/mol. The molecule has 4 aromatic rings. The Labute approximate surface area is 170 Å². The van der Waals surface area contributed by atoms with E-state index in [1.165, 1.54) is 22.3 Å². The second kappa shape index (κ2) is 5.93. The number of benzene rings is 2. The van der Waals surface area contributed by atoms with Crippen molar-refractivity contribution < 1.29 is 13.6 Å². The minimum atomic E-state index is 0.0878. The molecule has 0 fully saturated rings. The Balaban J connectivity index is 1.81. The molecule has 0 atom stereocenters. The van der Waals surface area contributed by atoms with Crippen LogP contribution in [-0.4, -0.2) is 0 Å². The van der Waals surface area contributed by atoms with Crippen LogP contribution in [0.15, 0.2) is 51.5 Å². The van der Waals surface area contributed by atoms with Gasteiger partial charge in [-0.2, -0.15) is 0 Å². The maximum Gasteiger partial charge on any atom is 0.318 e. The predicted molar refractivity (Wildman–Crippen MR) is 116 cm³/mol. The Morgan fingerprint density at radius 1 is 0.828 bits per heavy atom. The summed E-state index contributed by atoms with van der Waals surface area (Å²) >= 11 is 0. The number of fused-ring (bicyclic) bond motifs is 4. The number of anilines is 3. The number of hydrogen-bond acceptors (Lipinski definition) is 4. The van der Waals surface area contributed by atoms with Gasteiger partial charge in [-0.25, -0.2) is 0 Å². The van der Waals surface area contributed by atoms with E-state index in [2.05, 4.69) is 64.6 Å². The highest BCUT2D eigenvalue weighted by molar-refractivity contribution is 6.02. The van der Waals surface area contributed by atoms with Crippen LogP contribution in [0.3, 0.4) is 0 Å². The summed E-state index contributed by atoms with van der Waals surface area (Å²) in [6, 6.07) is 12.7. The van der Waals surface area contributed by atoms with Crippen molar-refractivity contribution in [3.8, 4) is 11.9 Å². The van der Waals surface area contributed by atoms with Crippen LogP contribution < -0.4 is 9.64 Å². The number of nitrogens with zero attached hydrogens (tertiary/aromatic N) is 1. The van der Waals surface area contributed by atoms with Gasteiger partial charge in [0.15, 0.2) is 0 Å². The molecule has 0 unspecified atom stereocenters. The maximum absolute atomic E-state index is 6.06. The number of aryl methyl sites for hydroxylation is 3. The number of hydrogen-bond donors (Lipinski definition) is 0. The van der Waals surface area contributed by atoms with E-state index < -0.39 is 0 Å². The molecule has 0 saturated heterocycles. The van der Waals surface area contributed by atoms with E-state index >= 15 is 0 Å². The third kappa shape index (κ3) is 2.66. The molecule has 3 heterocycles. The highest BCUT2D eigenvalue weighted by Crippen LogP contribution is 2.56. The van der Waals surface area contributed by atoms with E-state index in [1.54, 1.807) is 6.26 Å². The van der Waals surface area contributed by atoms with E-state index in [1.807, 2.05) is 18.2 Å². The summed E-state index contributed by atoms with van der Waals surface area (Å²) < 4.78 is 17.7. The molecule has 0 spiro atoms. The first kappa shape index (κ1) is 17.9. The second-order valence-electron chi connectivity index (χ2n) is 8.98. The van der Waals surface area contributed by atoms with Crippen molar-refractivity contribution in [1.82, 2.24) is 0 Å². The van der Waals surface area contributed by atoms with Gasteiger partial charge in [0.1, 0.15) is 17.0 Å². The van der Waals surface area contributed by atoms with E-state index in [0.717, 1.165) is 28.0 Å². The molecule has 1 aliphatic heterocycles. The molecular weight excluding hydrogens is 362 g/mol. The van der Waals surface area contributed by atoms with Gasteiger partial charge < -0.3 is 13.6 Å². The summed E-state index contributed by atoms with van der Waals surface area (Å²) in [5.74, 6) is 0.915. The van der Waals surface area contributed by atoms with Gasteiger partial charge in [0, 0.05) is 11.5 Å². The van der Waals surface area contributed by atoms with Gasteiger partial charge in [-0.15, -0.1) is 0 Å². The topological polar surface area (TPSA) is 38.8 Å². The fourth-order valence-electron chi connectivity index (χ4n) is 4.17. The second-order valence-corrected chi connectivity index (χ2v) is 8.98. The third-order valence-electron chi connectivity index (χ3n) is 5.63. The summed E-state index contributed by atoms with van der Waals surface area (Å²) in [4.78, 5) is 2.22. The molecule has 0 radical (unpaired) electrons. The fraction of sp³-hybridized carbons (Fsp3) is 0.280. The van der Waals surface area contributed by atoms with Gasteiger partial charge in [0.2, 0.25) is 0 Å². The number of furan rings is 2. The molecule has 29 heavy (non-hydrogen) atoms. The summed E-state index contributed by atoms with van der Waals surface area (Å²) in [7, 11) is 0. The first-order valence-corrected chi connectivity index (χ1v) is 9.94. The Bertz CT molecular complexity index is 1230. The lowest BCUT2D eigenvalue weighted by molar-refractivity contribution is 0.285. The summed E-state index contributed by atoms with van der Waals surface area (Å²) in [6.45, 7) is 13.2. The van der Waals surface area contributed by atoms with Gasteiger partial charge in [-0.05, 0) is 55.0 Å². The lowest BCUT2D eigenvalue weighted by Gasteiger charge is -2.31. The van der Waals surface area contributed by atoms with Gasteiger partial charge in [-0.1, -0.05) is 44.5 Å². The minimum absolute atomic E-state index is 0.0878. The molecule has 0 aliphatic carbocycles. The average Bonchev–Trinajstić information content (AvgIpc) is 3.23. The van der Waals surface area contributed by atoms with Crippen LogP contribution >= 0.6 is 0 Å². The fourth-order valence-corrected chi connectivity index (χ4v) is 4.17. The van der Waals surface area contributed by atoms with Crippen LogP contribution in [0.25, 0.3) is 11.0 Å². The first-order valence-electron chi connectivity index (χ1n) is 9.94. The zero-order chi connectivity index (χ0) is 20.5. The third-order valence-corrected chi connectivity index (χ3v) is 5.63. The Morgan fingerprint density at radius 3 is 2.24 bits per heavy atom. The van der Waals surface area contributed by atoms with Crippen LogP contribution in [0, 0.1) is 20.8 Å². The van der Waals surface area contributed by atoms with Gasteiger partial charge in [-0.3, -0.25) is 4.90 Å². The Kier molecular flexibility index (Phi) is 3.66. The molecular formula is C25H25NO3. The molecule has 1 aliphatic rings. The molecule has 5 rings (SSSR count). The largest absolute Gasteiger partial charge is 0.432 e. The molecule has 148 valence electrons. The summed E-state index contributed by atoms with van der Waals surface area (Å²) in [6.07, 6.45) is 1.66. The molecule has 4 heteroatoms. The van der Waals surface area contributed by atoms with E-state index in [0.29, 0.717) is 11.9 Å². The van der Waals surface area contributed by atoms with Crippen LogP contribution in [0.2, 0.25) is 0 Å². The van der Waals surface area contributed by atoms with Gasteiger partial charge in [0.25, 0.3) is 0 Å². The SMILES string of the molecule is Cc1ccc2oc3c(c2c1)N(c1c(C)cc(C(C)(C)C)cc1C)c1ccoc1O3. The van der Waals surface area contributed by atoms with Crippen molar-refractivity contribution >= 4 is 28.0 Å². The standard InChI is InChI=1S/C25H25NO3/c1-14-7-8-20-18(11-14)22-24(28-20)29-23-19(9-10-27-23)26(22)21-15(2)12-17(13-16(21)3)25(4,5)6/h7-13H,1-6H3. The molecule has 4 nitrogen and oxygen atoms in total. The zero-order valence-corrected chi connectivity index (χ0v) is 17.7. The zero-order valence-electron chi connectivity index (χ0n) is 17.7. The van der Waals surface area contributed by atoms with Crippen LogP contribution in [0.5, 0.6) is 11.9 Å². The maximum atomic E-state index is 6.06. The molecule has 2 aromatic heterocycles. The molecule has 0 N–H and O–H groups in total. The van der Waals surface area contributed by atoms with Gasteiger partial charge >= 0.3 is 11.9 Å². The highest BCUT2D eigenvalue weighted by atomic mass is 16.6. The number of ether oxygens (including phenoxy) is 1. The summed E-state index contributed by atoms with van der Waals surface area (Å²) in [5.41, 5.74) is 8.75. The monoisotopic (exact) mass is 387 g/mol. The molecule has 0 amide bonds. The van der Waals surface area contributed by atoms with Gasteiger partial charge in [0.05, 0.1) is 12.0 Å². The Morgan fingerprint density at radius 2 is 1.55 bits per heavy atom. The first-order chi connectivity index (χ1) is 13.7. The lowest BCUT2D eigenvalue weighted by Crippen LogP contribution is -2.18. The summed E-state index contributed by atoms with van der Waals surface area (Å²) in [5, 5.41) is 1.03. The van der Waals surface area contributed by atoms with Crippen molar-refractivity contribution in [1.29, 1.82) is 0 Å². The van der Waals surface area contributed by atoms with Crippen molar-refractivity contribution in [2.24, 2.45) is 0 Å².